The van der Waals surface area contributed by atoms with Crippen molar-refractivity contribution in [2.75, 3.05) is 12.8 Å². The molecule has 0 spiro atoms. The van der Waals surface area contributed by atoms with Crippen molar-refractivity contribution in [3.05, 3.63) is 16.8 Å². The summed E-state index contributed by atoms with van der Waals surface area (Å²) in [5.41, 5.74) is 5.23. The molecule has 60 valence electrons. The molecule has 0 saturated carbocycles. The van der Waals surface area contributed by atoms with E-state index in [0.29, 0.717) is 0 Å². The van der Waals surface area contributed by atoms with Gasteiger partial charge in [-0.25, -0.2) is 4.79 Å². The predicted molar refractivity (Wildman–Crippen MR) is 39.5 cm³/mol. The van der Waals surface area contributed by atoms with Crippen molar-refractivity contribution >= 4 is 23.5 Å². The van der Waals surface area contributed by atoms with Gasteiger partial charge in [0, 0.05) is 6.07 Å². The Morgan fingerprint density at radius 1 is 1.82 bits per heavy atom. The molecule has 0 aliphatic rings. The van der Waals surface area contributed by atoms with Crippen LogP contribution in [0.25, 0.3) is 0 Å². The molecular weight excluding hydrogens is 170 g/mol. The molecule has 0 atom stereocenters. The fourth-order valence-corrected chi connectivity index (χ4v) is 0.722. The number of carbonyl (C=O) groups is 1. The molecule has 0 radical (unpaired) electrons. The van der Waals surface area contributed by atoms with Crippen molar-refractivity contribution in [3.8, 4) is 0 Å². The van der Waals surface area contributed by atoms with Crippen LogP contribution < -0.4 is 5.73 Å². The SMILES string of the molecule is COC(=O)c1cc(Cl)c(N)o1. The number of carbonyl (C=O) groups excluding carboxylic acids is 1. The second-order valence-corrected chi connectivity index (χ2v) is 2.22. The fourth-order valence-electron chi connectivity index (χ4n) is 0.584. The van der Waals surface area contributed by atoms with Crippen molar-refractivity contribution < 1.29 is 13.9 Å². The average Bonchev–Trinajstić information content (AvgIpc) is 2.31. The Bertz CT molecular complexity index is 262. The monoisotopic (exact) mass is 175 g/mol. The zero-order valence-electron chi connectivity index (χ0n) is 5.76. The second-order valence-electron chi connectivity index (χ2n) is 1.81. The molecule has 0 amide bonds. The molecule has 1 heterocycles. The quantitative estimate of drug-likeness (QED) is 0.654. The summed E-state index contributed by atoms with van der Waals surface area (Å²) in [5, 5.41) is 0.213. The Balaban J connectivity index is 2.97. The van der Waals surface area contributed by atoms with Crippen molar-refractivity contribution in [1.29, 1.82) is 0 Å². The third-order valence-electron chi connectivity index (χ3n) is 1.10. The first kappa shape index (κ1) is 7.94. The number of ether oxygens (including phenoxy) is 1. The lowest BCUT2D eigenvalue weighted by molar-refractivity contribution is 0.0566. The zero-order valence-corrected chi connectivity index (χ0v) is 6.51. The minimum absolute atomic E-state index is 0.00926. The summed E-state index contributed by atoms with van der Waals surface area (Å²) in [6.45, 7) is 0. The average molecular weight is 176 g/mol. The fraction of sp³-hybridized carbons (Fsp3) is 0.167. The van der Waals surface area contributed by atoms with Crippen LogP contribution in [0, 0.1) is 0 Å². The summed E-state index contributed by atoms with van der Waals surface area (Å²) >= 11 is 5.50. The first-order valence-corrected chi connectivity index (χ1v) is 3.16. The van der Waals surface area contributed by atoms with Crippen LogP contribution in [0.3, 0.4) is 0 Å². The van der Waals surface area contributed by atoms with E-state index in [-0.39, 0.29) is 16.7 Å². The minimum Gasteiger partial charge on any atom is -0.463 e. The smallest absolute Gasteiger partial charge is 0.374 e. The number of halogens is 1. The third-order valence-corrected chi connectivity index (χ3v) is 1.40. The van der Waals surface area contributed by atoms with Crippen molar-refractivity contribution in [1.82, 2.24) is 0 Å². The normalized spacial score (nSPS) is 9.64. The minimum atomic E-state index is -0.594. The number of anilines is 1. The third kappa shape index (κ3) is 1.46. The maximum Gasteiger partial charge on any atom is 0.374 e. The summed E-state index contributed by atoms with van der Waals surface area (Å²) in [6, 6.07) is 1.31. The van der Waals surface area contributed by atoms with E-state index in [1.807, 2.05) is 0 Å². The highest BCUT2D eigenvalue weighted by atomic mass is 35.5. The van der Waals surface area contributed by atoms with Gasteiger partial charge in [-0.15, -0.1) is 0 Å². The molecule has 5 heteroatoms. The molecule has 0 bridgehead atoms. The van der Waals surface area contributed by atoms with Gasteiger partial charge in [-0.1, -0.05) is 11.6 Å². The lowest BCUT2D eigenvalue weighted by Gasteiger charge is -1.90. The van der Waals surface area contributed by atoms with Gasteiger partial charge in [0.15, 0.2) is 0 Å². The maximum atomic E-state index is 10.7. The summed E-state index contributed by atoms with van der Waals surface area (Å²) in [5.74, 6) is -0.564. The lowest BCUT2D eigenvalue weighted by Crippen LogP contribution is -1.98. The molecule has 0 aliphatic carbocycles. The summed E-state index contributed by atoms with van der Waals surface area (Å²) in [4.78, 5) is 10.7. The van der Waals surface area contributed by atoms with Crippen LogP contribution in [0.1, 0.15) is 10.6 Å². The van der Waals surface area contributed by atoms with E-state index >= 15 is 0 Å². The number of hydrogen-bond acceptors (Lipinski definition) is 4. The van der Waals surface area contributed by atoms with E-state index in [4.69, 9.17) is 21.8 Å². The Hall–Kier alpha value is -1.16. The van der Waals surface area contributed by atoms with Gasteiger partial charge in [-0.3, -0.25) is 0 Å². The van der Waals surface area contributed by atoms with E-state index < -0.39 is 5.97 Å². The van der Waals surface area contributed by atoms with Crippen LogP contribution in [-0.4, -0.2) is 13.1 Å². The summed E-state index contributed by atoms with van der Waals surface area (Å²) < 4.78 is 9.10. The van der Waals surface area contributed by atoms with Crippen molar-refractivity contribution in [2.45, 2.75) is 0 Å². The molecule has 2 N–H and O–H groups in total. The molecule has 1 aromatic rings. The molecule has 0 fully saturated rings. The first-order valence-electron chi connectivity index (χ1n) is 2.78. The number of nitrogen functional groups attached to an aromatic ring is 1. The Labute approximate surface area is 67.9 Å². The second kappa shape index (κ2) is 2.84. The van der Waals surface area contributed by atoms with Crippen LogP contribution in [-0.2, 0) is 4.74 Å². The summed E-state index contributed by atoms with van der Waals surface area (Å²) in [6.07, 6.45) is 0. The van der Waals surface area contributed by atoms with Crippen LogP contribution >= 0.6 is 11.6 Å². The number of methoxy groups -OCH3 is 1. The molecule has 0 unspecified atom stereocenters. The predicted octanol–water partition coefficient (Wildman–Crippen LogP) is 1.30. The van der Waals surface area contributed by atoms with Crippen LogP contribution in [0.4, 0.5) is 5.88 Å². The highest BCUT2D eigenvalue weighted by molar-refractivity contribution is 6.33. The maximum absolute atomic E-state index is 10.7. The number of hydrogen-bond donors (Lipinski definition) is 1. The van der Waals surface area contributed by atoms with Crippen molar-refractivity contribution in [2.24, 2.45) is 0 Å². The van der Waals surface area contributed by atoms with E-state index in [2.05, 4.69) is 4.74 Å². The highest BCUT2D eigenvalue weighted by Gasteiger charge is 2.13. The topological polar surface area (TPSA) is 65.5 Å². The summed E-state index contributed by atoms with van der Waals surface area (Å²) in [7, 11) is 1.24. The highest BCUT2D eigenvalue weighted by Crippen LogP contribution is 2.22. The van der Waals surface area contributed by atoms with E-state index in [9.17, 15) is 4.79 Å². The molecule has 4 nitrogen and oxygen atoms in total. The number of esters is 1. The molecule has 0 aliphatic heterocycles. The van der Waals surface area contributed by atoms with Crippen LogP contribution in [0.5, 0.6) is 0 Å². The largest absolute Gasteiger partial charge is 0.463 e. The molecule has 0 saturated heterocycles. The van der Waals surface area contributed by atoms with Gasteiger partial charge in [0.05, 0.1) is 7.11 Å². The van der Waals surface area contributed by atoms with Crippen LogP contribution in [0.2, 0.25) is 5.02 Å². The molecule has 1 rings (SSSR count). The molecule has 1 aromatic heterocycles. The molecule has 0 aromatic carbocycles. The van der Waals surface area contributed by atoms with E-state index in [0.717, 1.165) is 0 Å². The lowest BCUT2D eigenvalue weighted by atomic mass is 10.4. The Kier molecular flexibility index (Phi) is 2.05. The van der Waals surface area contributed by atoms with Gasteiger partial charge in [0.25, 0.3) is 0 Å². The first-order chi connectivity index (χ1) is 5.15. The van der Waals surface area contributed by atoms with Crippen LogP contribution in [0.15, 0.2) is 10.5 Å². The Morgan fingerprint density at radius 3 is 2.82 bits per heavy atom. The van der Waals surface area contributed by atoms with E-state index in [1.165, 1.54) is 13.2 Å². The Morgan fingerprint density at radius 2 is 2.45 bits per heavy atom. The van der Waals surface area contributed by atoms with Gasteiger partial charge in [-0.05, 0) is 0 Å². The number of rotatable bonds is 1. The van der Waals surface area contributed by atoms with Gasteiger partial charge >= 0.3 is 5.97 Å². The van der Waals surface area contributed by atoms with Crippen molar-refractivity contribution in [3.63, 3.8) is 0 Å². The standard InChI is InChI=1S/C6H6ClNO3/c1-10-6(9)4-2-3(7)5(8)11-4/h2H,8H2,1H3. The van der Waals surface area contributed by atoms with Gasteiger partial charge < -0.3 is 14.9 Å². The van der Waals surface area contributed by atoms with Gasteiger partial charge in [0.1, 0.15) is 5.02 Å². The zero-order chi connectivity index (χ0) is 8.43. The van der Waals surface area contributed by atoms with Gasteiger partial charge in [0.2, 0.25) is 11.6 Å². The van der Waals surface area contributed by atoms with E-state index in [1.54, 1.807) is 0 Å². The van der Waals surface area contributed by atoms with Gasteiger partial charge in [-0.2, -0.15) is 0 Å². The molecule has 11 heavy (non-hydrogen) atoms. The molecular formula is C6H6ClNO3. The number of nitrogens with two attached hydrogens (primary N) is 1. The number of furan rings is 1.